The van der Waals surface area contributed by atoms with Crippen molar-refractivity contribution >= 4 is 11.9 Å². The van der Waals surface area contributed by atoms with Gasteiger partial charge in [-0.05, 0) is 56.3 Å². The third-order valence-corrected chi connectivity index (χ3v) is 7.87. The topological polar surface area (TPSA) is 52.6 Å². The highest BCUT2D eigenvalue weighted by Crippen LogP contribution is 2.63. The van der Waals surface area contributed by atoms with Gasteiger partial charge in [-0.3, -0.25) is 4.79 Å². The largest absolute Gasteiger partial charge is 0.462 e. The van der Waals surface area contributed by atoms with Gasteiger partial charge in [-0.2, -0.15) is 0 Å². The van der Waals surface area contributed by atoms with E-state index in [0.717, 1.165) is 43.3 Å². The molecule has 0 N–H and O–H groups in total. The molecule has 2 saturated carbocycles. The summed E-state index contributed by atoms with van der Waals surface area (Å²) in [4.78, 5) is 23.6. The number of fused-ring (bicyclic) bond motifs is 4. The van der Waals surface area contributed by atoms with Gasteiger partial charge < -0.3 is 9.47 Å². The van der Waals surface area contributed by atoms with Gasteiger partial charge in [0.25, 0.3) is 0 Å². The Kier molecular flexibility index (Phi) is 3.91. The van der Waals surface area contributed by atoms with Crippen LogP contribution < -0.4 is 0 Å². The number of ether oxygens (including phenoxy) is 2. The van der Waals surface area contributed by atoms with Crippen molar-refractivity contribution in [3.8, 4) is 0 Å². The first kappa shape index (κ1) is 17.8. The molecule has 2 fully saturated rings. The predicted octanol–water partition coefficient (Wildman–Crippen LogP) is 4.34. The minimum atomic E-state index is -0.177. The summed E-state index contributed by atoms with van der Waals surface area (Å²) >= 11 is 0. The zero-order valence-corrected chi connectivity index (χ0v) is 16.6. The molecule has 0 aromatic heterocycles. The molecule has 1 heterocycles. The van der Waals surface area contributed by atoms with Crippen molar-refractivity contribution in [2.45, 2.75) is 78.9 Å². The maximum atomic E-state index is 12.0. The summed E-state index contributed by atoms with van der Waals surface area (Å²) in [6.45, 7) is 10.4. The van der Waals surface area contributed by atoms with Gasteiger partial charge in [-0.1, -0.05) is 32.4 Å². The predicted molar refractivity (Wildman–Crippen MR) is 98.2 cm³/mol. The van der Waals surface area contributed by atoms with Crippen LogP contribution in [0.1, 0.15) is 66.7 Å². The van der Waals surface area contributed by atoms with Gasteiger partial charge in [0.05, 0.1) is 0 Å². The molecule has 0 amide bonds. The van der Waals surface area contributed by atoms with Crippen LogP contribution in [0.4, 0.5) is 0 Å². The van der Waals surface area contributed by atoms with E-state index in [2.05, 4.69) is 26.8 Å². The molecule has 0 unspecified atom stereocenters. The molecule has 26 heavy (non-hydrogen) atoms. The molecule has 0 bridgehead atoms. The molecule has 1 aliphatic heterocycles. The lowest BCUT2D eigenvalue weighted by Crippen LogP contribution is -2.56. The number of allylic oxidation sites excluding steroid dienone is 1. The Balaban J connectivity index is 1.67. The fourth-order valence-corrected chi connectivity index (χ4v) is 6.53. The van der Waals surface area contributed by atoms with Crippen LogP contribution in [0.2, 0.25) is 0 Å². The molecule has 0 radical (unpaired) electrons. The second-order valence-corrected chi connectivity index (χ2v) is 9.54. The number of esters is 2. The number of hydrogen-bond acceptors (Lipinski definition) is 4. The zero-order chi connectivity index (χ0) is 18.9. The fourth-order valence-electron chi connectivity index (χ4n) is 6.53. The Hall–Kier alpha value is -1.58. The molecule has 0 aromatic rings. The monoisotopic (exact) mass is 358 g/mol. The van der Waals surface area contributed by atoms with Gasteiger partial charge in [0, 0.05) is 23.5 Å². The Morgan fingerprint density at radius 3 is 2.69 bits per heavy atom. The van der Waals surface area contributed by atoms with Crippen molar-refractivity contribution in [1.82, 2.24) is 0 Å². The molecule has 4 heteroatoms. The van der Waals surface area contributed by atoms with Crippen LogP contribution >= 0.6 is 0 Å². The molecule has 4 nitrogen and oxygen atoms in total. The van der Waals surface area contributed by atoms with Crippen LogP contribution in [-0.2, 0) is 19.1 Å². The van der Waals surface area contributed by atoms with E-state index in [9.17, 15) is 9.59 Å². The van der Waals surface area contributed by atoms with Gasteiger partial charge in [-0.15, -0.1) is 0 Å². The summed E-state index contributed by atoms with van der Waals surface area (Å²) in [6.07, 6.45) is 7.26. The van der Waals surface area contributed by atoms with E-state index in [1.54, 1.807) is 0 Å². The van der Waals surface area contributed by atoms with E-state index in [0.29, 0.717) is 11.8 Å². The van der Waals surface area contributed by atoms with E-state index < -0.39 is 0 Å². The molecule has 142 valence electrons. The third kappa shape index (κ3) is 2.40. The summed E-state index contributed by atoms with van der Waals surface area (Å²) < 4.78 is 11.4. The van der Waals surface area contributed by atoms with E-state index in [1.807, 2.05) is 6.92 Å². The standard InChI is InChI=1S/C22H30O4/c1-12-15-10-14-6-7-18-21(3,4)19(25-13(2)23)8-9-22(18,5)16(14)11-17(15)26-20(12)24/h10,16-19H,6-9,11H2,1-5H3/t16-,17+,18-,19+,22+/m1/s1. The van der Waals surface area contributed by atoms with Crippen LogP contribution in [0.5, 0.6) is 0 Å². The van der Waals surface area contributed by atoms with Gasteiger partial charge in [0.15, 0.2) is 0 Å². The third-order valence-electron chi connectivity index (χ3n) is 7.87. The Bertz CT molecular complexity index is 728. The van der Waals surface area contributed by atoms with Crippen LogP contribution in [0.25, 0.3) is 0 Å². The maximum Gasteiger partial charge on any atom is 0.334 e. The first-order valence-corrected chi connectivity index (χ1v) is 9.94. The highest BCUT2D eigenvalue weighted by atomic mass is 16.6. The molecule has 4 aliphatic rings. The first-order chi connectivity index (χ1) is 12.1. The summed E-state index contributed by atoms with van der Waals surface area (Å²) in [5.74, 6) is 0.621. The van der Waals surface area contributed by atoms with Crippen LogP contribution in [0.15, 0.2) is 22.8 Å². The SMILES string of the molecule is CC(=O)O[C@H]1CC[C@@]2(C)[C@@H]3C[C@@H]4OC(=O)C(C)=C4C=C3CC[C@@H]2C1(C)C. The molecule has 0 aromatic carbocycles. The lowest BCUT2D eigenvalue weighted by Gasteiger charge is -2.60. The van der Waals surface area contributed by atoms with Crippen LogP contribution in [0.3, 0.4) is 0 Å². The van der Waals surface area contributed by atoms with Crippen LogP contribution in [-0.4, -0.2) is 24.1 Å². The fraction of sp³-hybridized carbons (Fsp3) is 0.727. The second-order valence-electron chi connectivity index (χ2n) is 9.54. The van der Waals surface area contributed by atoms with Crippen molar-refractivity contribution in [2.24, 2.45) is 22.7 Å². The van der Waals surface area contributed by atoms with Crippen molar-refractivity contribution in [1.29, 1.82) is 0 Å². The lowest BCUT2D eigenvalue weighted by atomic mass is 9.45. The highest BCUT2D eigenvalue weighted by molar-refractivity contribution is 5.92. The van der Waals surface area contributed by atoms with E-state index in [-0.39, 0.29) is 35.0 Å². The zero-order valence-electron chi connectivity index (χ0n) is 16.6. The molecule has 0 spiro atoms. The van der Waals surface area contributed by atoms with E-state index in [4.69, 9.17) is 9.47 Å². The molecule has 0 saturated heterocycles. The van der Waals surface area contributed by atoms with Gasteiger partial charge in [-0.25, -0.2) is 4.79 Å². The van der Waals surface area contributed by atoms with E-state index >= 15 is 0 Å². The van der Waals surface area contributed by atoms with Crippen LogP contribution in [0, 0.1) is 22.7 Å². The summed E-state index contributed by atoms with van der Waals surface area (Å²) in [5.41, 5.74) is 3.51. The Labute approximate surface area is 156 Å². The molecule has 5 atom stereocenters. The van der Waals surface area contributed by atoms with Gasteiger partial charge in [0.2, 0.25) is 0 Å². The number of carbonyl (C=O) groups excluding carboxylic acids is 2. The second kappa shape index (κ2) is 5.71. The minimum absolute atomic E-state index is 0.00537. The van der Waals surface area contributed by atoms with Crippen molar-refractivity contribution in [2.75, 3.05) is 0 Å². The van der Waals surface area contributed by atoms with E-state index in [1.165, 1.54) is 12.5 Å². The summed E-state index contributed by atoms with van der Waals surface area (Å²) in [6, 6.07) is 0. The molecule has 4 rings (SSSR count). The highest BCUT2D eigenvalue weighted by Gasteiger charge is 2.58. The number of carbonyl (C=O) groups is 2. The summed E-state index contributed by atoms with van der Waals surface area (Å²) in [7, 11) is 0. The normalized spacial score (nSPS) is 40.8. The number of rotatable bonds is 1. The average molecular weight is 358 g/mol. The molecular formula is C22H30O4. The molecular weight excluding hydrogens is 328 g/mol. The number of hydrogen-bond donors (Lipinski definition) is 0. The van der Waals surface area contributed by atoms with Gasteiger partial charge >= 0.3 is 11.9 Å². The summed E-state index contributed by atoms with van der Waals surface area (Å²) in [5, 5.41) is 0. The lowest BCUT2D eigenvalue weighted by molar-refractivity contribution is -0.175. The molecule has 3 aliphatic carbocycles. The Morgan fingerprint density at radius 1 is 1.27 bits per heavy atom. The Morgan fingerprint density at radius 2 is 2.00 bits per heavy atom. The minimum Gasteiger partial charge on any atom is -0.462 e. The maximum absolute atomic E-state index is 12.0. The van der Waals surface area contributed by atoms with Crippen molar-refractivity contribution < 1.29 is 19.1 Å². The van der Waals surface area contributed by atoms with Crippen molar-refractivity contribution in [3.63, 3.8) is 0 Å². The first-order valence-electron chi connectivity index (χ1n) is 9.94. The van der Waals surface area contributed by atoms with Crippen molar-refractivity contribution in [3.05, 3.63) is 22.8 Å². The smallest absolute Gasteiger partial charge is 0.334 e. The van der Waals surface area contributed by atoms with Gasteiger partial charge in [0.1, 0.15) is 12.2 Å². The average Bonchev–Trinajstić information content (AvgIpc) is 2.83. The quantitative estimate of drug-likeness (QED) is 0.654.